The van der Waals surface area contributed by atoms with Gasteiger partial charge in [0.05, 0.1) is 0 Å². The average molecular weight is 820 g/mol. The van der Waals surface area contributed by atoms with Crippen molar-refractivity contribution in [3.63, 3.8) is 0 Å². The number of anilines is 5. The van der Waals surface area contributed by atoms with E-state index in [1.54, 1.807) is 0 Å². The molecule has 4 aliphatic rings. The molecule has 0 amide bonds. The number of hydrogen-bond acceptors (Lipinski definition) is 9. The molecule has 4 aromatic rings. The smallest absolute Gasteiger partial charge is 0 e. The first-order valence-electron chi connectivity index (χ1n) is 15.0. The number of benzene rings is 3. The standard InChI is InChI=1S/C36H34N10.2Pd/c1-37(2)36-34(44-17-13-40(5)25-44)21-29(22-35(36)45-18-14-41(6)26-45)46-32-19-27(42-15-11-38(3)23-42)7-9-30(32)31-10-8-28(20-33(31)46)43-16-12-39(4)24-43;;/h7-18,23-26H,1-6H3;;/q-8;;. The van der Waals surface area contributed by atoms with E-state index in [2.05, 4.69) is 117 Å². The van der Waals surface area contributed by atoms with Crippen molar-refractivity contribution in [2.75, 3.05) is 66.8 Å². The number of rotatable bonds is 6. The van der Waals surface area contributed by atoms with Gasteiger partial charge in [0.15, 0.2) is 0 Å². The third-order valence-electron chi connectivity index (χ3n) is 8.30. The molecule has 10 nitrogen and oxygen atoms in total. The molecule has 4 aliphatic heterocycles. The minimum absolute atomic E-state index is 0. The second kappa shape index (κ2) is 13.1. The minimum atomic E-state index is 0. The van der Waals surface area contributed by atoms with Crippen LogP contribution in [0.2, 0.25) is 0 Å². The molecule has 0 atom stereocenters. The Kier molecular flexibility index (Phi) is 9.23. The van der Waals surface area contributed by atoms with E-state index in [1.807, 2.05) is 98.3 Å². The van der Waals surface area contributed by atoms with Crippen LogP contribution >= 0.6 is 0 Å². The van der Waals surface area contributed by atoms with Crippen molar-refractivity contribution in [1.29, 1.82) is 0 Å². The molecule has 0 aliphatic carbocycles. The van der Waals surface area contributed by atoms with Gasteiger partial charge in [-0.05, 0) is 91.9 Å². The van der Waals surface area contributed by atoms with Gasteiger partial charge in [-0.3, -0.25) is 0 Å². The predicted octanol–water partition coefficient (Wildman–Crippen LogP) is 5.41. The molecule has 0 fully saturated rings. The van der Waals surface area contributed by atoms with E-state index >= 15 is 0 Å². The van der Waals surface area contributed by atoms with Crippen LogP contribution in [0.1, 0.15) is 0 Å². The van der Waals surface area contributed by atoms with Crippen molar-refractivity contribution in [2.45, 2.75) is 0 Å². The van der Waals surface area contributed by atoms with Gasteiger partial charge in [0.1, 0.15) is 0 Å². The molecular formula is C36H34N10Pd2-8. The maximum Gasteiger partial charge on any atom is 0 e. The fraction of sp³-hybridized carbons (Fsp3) is 0.167. The van der Waals surface area contributed by atoms with Crippen LogP contribution in [-0.4, -0.2) is 66.5 Å². The van der Waals surface area contributed by atoms with Crippen molar-refractivity contribution in [1.82, 2.24) is 24.2 Å². The summed E-state index contributed by atoms with van der Waals surface area (Å²) in [6.07, 6.45) is 16.3. The molecule has 0 bridgehead atoms. The molecule has 256 valence electrons. The van der Waals surface area contributed by atoms with Gasteiger partial charge in [0.2, 0.25) is 0 Å². The van der Waals surface area contributed by atoms with E-state index in [0.717, 1.165) is 55.9 Å². The third kappa shape index (κ3) is 5.82. The average Bonchev–Trinajstić information content (AvgIpc) is 3.88. The Morgan fingerprint density at radius 3 is 1.21 bits per heavy atom. The predicted molar refractivity (Wildman–Crippen MR) is 185 cm³/mol. The van der Waals surface area contributed by atoms with Crippen LogP contribution < -0.4 is 24.5 Å². The van der Waals surface area contributed by atoms with Crippen LogP contribution in [0, 0.1) is 50.9 Å². The fourth-order valence-corrected chi connectivity index (χ4v) is 6.11. The number of nitrogens with zero attached hydrogens (tertiary/aromatic N) is 10. The Bertz CT molecular complexity index is 1830. The summed E-state index contributed by atoms with van der Waals surface area (Å²) in [5.74, 6) is 0. The summed E-state index contributed by atoms with van der Waals surface area (Å²) in [5.41, 5.74) is 7.30. The third-order valence-corrected chi connectivity index (χ3v) is 8.30. The van der Waals surface area contributed by atoms with Crippen molar-refractivity contribution >= 4 is 50.2 Å². The Morgan fingerprint density at radius 1 is 0.500 bits per heavy atom. The normalized spacial score (nSPS) is 16.9. The molecule has 48 heavy (non-hydrogen) atoms. The second-order valence-electron chi connectivity index (χ2n) is 12.0. The van der Waals surface area contributed by atoms with Crippen molar-refractivity contribution < 1.29 is 40.8 Å². The number of hydrogen-bond donors (Lipinski definition) is 0. The molecule has 0 radical (unpaired) electrons. The van der Waals surface area contributed by atoms with Crippen molar-refractivity contribution in [2.24, 2.45) is 0 Å². The molecule has 12 heteroatoms. The quantitative estimate of drug-likeness (QED) is 0.188. The summed E-state index contributed by atoms with van der Waals surface area (Å²) >= 11 is 0. The molecule has 3 aromatic carbocycles. The van der Waals surface area contributed by atoms with Gasteiger partial charge in [-0.1, -0.05) is 11.0 Å². The van der Waals surface area contributed by atoms with Crippen LogP contribution in [0.25, 0.3) is 27.5 Å². The van der Waals surface area contributed by atoms with Gasteiger partial charge in [0, 0.05) is 40.8 Å². The summed E-state index contributed by atoms with van der Waals surface area (Å²) in [6, 6.07) is 23.7. The molecule has 0 spiro atoms. The first kappa shape index (κ1) is 33.8. The Labute approximate surface area is 310 Å². The Balaban J connectivity index is 0.00000201. The van der Waals surface area contributed by atoms with E-state index in [-0.39, 0.29) is 40.8 Å². The molecule has 0 saturated heterocycles. The van der Waals surface area contributed by atoms with Crippen LogP contribution in [0.5, 0.6) is 0 Å². The summed E-state index contributed by atoms with van der Waals surface area (Å²) in [6.45, 7) is 8.19. The summed E-state index contributed by atoms with van der Waals surface area (Å²) < 4.78 is 2.20. The molecule has 0 saturated carbocycles. The Hall–Kier alpha value is -4.06. The van der Waals surface area contributed by atoms with E-state index in [1.165, 1.54) is 0 Å². The van der Waals surface area contributed by atoms with Crippen LogP contribution in [0.4, 0.5) is 28.4 Å². The maximum atomic E-state index is 3.79. The SMILES string of the molecule is CN1C=CN(c2[c-]c3c(cc2)c2ccc(N4C=CN(C)[CH-]4)[c-]c2n3-c2[c-]c(N3C=CN(C)[CH-]3)c(N(C)C)c(N3C=CN(C)[CH-]3)[c-]2)[CH-]1.[Pd].[Pd]. The zero-order valence-corrected chi connectivity index (χ0v) is 30.5. The first-order valence-corrected chi connectivity index (χ1v) is 15.0. The van der Waals surface area contributed by atoms with Gasteiger partial charge in [-0.2, -0.15) is 67.4 Å². The van der Waals surface area contributed by atoms with Crippen LogP contribution in [0.15, 0.2) is 73.9 Å². The summed E-state index contributed by atoms with van der Waals surface area (Å²) in [5, 5.41) is 2.16. The Morgan fingerprint density at radius 2 is 0.875 bits per heavy atom. The first-order chi connectivity index (χ1) is 22.2. The van der Waals surface area contributed by atoms with Crippen LogP contribution in [-0.2, 0) is 40.8 Å². The molecule has 0 N–H and O–H groups in total. The molecule has 0 unspecified atom stereocenters. The zero-order chi connectivity index (χ0) is 31.7. The van der Waals surface area contributed by atoms with Crippen molar-refractivity contribution in [3.8, 4) is 5.69 Å². The van der Waals surface area contributed by atoms with Gasteiger partial charge >= 0.3 is 0 Å². The monoisotopic (exact) mass is 818 g/mol. The largest absolute Gasteiger partial charge is 0.518 e. The van der Waals surface area contributed by atoms with E-state index < -0.39 is 0 Å². The number of aromatic nitrogens is 1. The molecule has 8 rings (SSSR count). The second-order valence-corrected chi connectivity index (χ2v) is 12.0. The number of fused-ring (bicyclic) bond motifs is 3. The maximum absolute atomic E-state index is 3.79. The van der Waals surface area contributed by atoms with Crippen LogP contribution in [0.3, 0.4) is 0 Å². The molecular weight excluding hydrogens is 785 g/mol. The van der Waals surface area contributed by atoms with Crippen molar-refractivity contribution in [3.05, 3.63) is 125 Å². The van der Waals surface area contributed by atoms with Gasteiger partial charge < -0.3 is 60.8 Å². The summed E-state index contributed by atoms with van der Waals surface area (Å²) in [7, 11) is 12.2. The topological polar surface area (TPSA) is 34.1 Å². The van der Waals surface area contributed by atoms with Gasteiger partial charge in [-0.25, -0.2) is 17.1 Å². The fourth-order valence-electron chi connectivity index (χ4n) is 6.11. The van der Waals surface area contributed by atoms with Gasteiger partial charge in [0.25, 0.3) is 0 Å². The molecule has 5 heterocycles. The molecule has 1 aromatic heterocycles. The van der Waals surface area contributed by atoms with E-state index in [0.29, 0.717) is 0 Å². The van der Waals surface area contributed by atoms with E-state index in [9.17, 15) is 0 Å². The zero-order valence-electron chi connectivity index (χ0n) is 27.3. The van der Waals surface area contributed by atoms with E-state index in [4.69, 9.17) is 0 Å². The summed E-state index contributed by atoms with van der Waals surface area (Å²) in [4.78, 5) is 18.6. The van der Waals surface area contributed by atoms with Gasteiger partial charge in [-0.15, -0.1) is 23.5 Å². The minimum Gasteiger partial charge on any atom is -0.518 e.